The highest BCUT2D eigenvalue weighted by Gasteiger charge is 2.25. The van der Waals surface area contributed by atoms with Crippen LogP contribution in [0.15, 0.2) is 54.1 Å². The monoisotopic (exact) mass is 414 g/mol. The lowest BCUT2D eigenvalue weighted by Crippen LogP contribution is -2.42. The molecule has 0 bridgehead atoms. The molecule has 0 saturated carbocycles. The van der Waals surface area contributed by atoms with Gasteiger partial charge in [0.15, 0.2) is 0 Å². The van der Waals surface area contributed by atoms with Gasteiger partial charge in [0.2, 0.25) is 5.91 Å². The van der Waals surface area contributed by atoms with Crippen molar-refractivity contribution in [3.05, 3.63) is 76.4 Å². The van der Waals surface area contributed by atoms with E-state index < -0.39 is 0 Å². The predicted octanol–water partition coefficient (Wildman–Crippen LogP) is 5.62. The van der Waals surface area contributed by atoms with Crippen molar-refractivity contribution in [2.75, 3.05) is 26.2 Å². The third-order valence-electron chi connectivity index (χ3n) is 6.93. The Morgan fingerprint density at radius 3 is 2.03 bits per heavy atom. The van der Waals surface area contributed by atoms with Crippen LogP contribution in [0.5, 0.6) is 0 Å². The van der Waals surface area contributed by atoms with Crippen LogP contribution in [-0.4, -0.2) is 37.0 Å². The van der Waals surface area contributed by atoms with E-state index in [1.54, 1.807) is 5.57 Å². The fraction of sp³-hybridized carbons (Fsp3) is 0.393. The van der Waals surface area contributed by atoms with Crippen LogP contribution < -0.4 is 5.32 Å². The smallest absolute Gasteiger partial charge is 0.225 e. The molecule has 2 aromatic rings. The number of hydrogen-bond acceptors (Lipinski definition) is 2. The van der Waals surface area contributed by atoms with E-state index in [0.717, 1.165) is 45.4 Å². The van der Waals surface area contributed by atoms with Crippen molar-refractivity contribution >= 4 is 23.6 Å². The maximum Gasteiger partial charge on any atom is 0.225 e. The summed E-state index contributed by atoms with van der Waals surface area (Å²) >= 11 is 0. The minimum absolute atomic E-state index is 0.161. The number of rotatable bonds is 5. The number of likely N-dealkylation sites (tertiary alicyclic amines) is 1. The molecule has 162 valence electrons. The second kappa shape index (κ2) is 9.23. The van der Waals surface area contributed by atoms with Crippen molar-refractivity contribution in [3.63, 3.8) is 0 Å². The van der Waals surface area contributed by atoms with Crippen LogP contribution in [0.3, 0.4) is 0 Å². The van der Waals surface area contributed by atoms with Gasteiger partial charge in [0.1, 0.15) is 0 Å². The number of carbonyl (C=O) groups is 1. The van der Waals surface area contributed by atoms with Gasteiger partial charge in [-0.1, -0.05) is 87.0 Å². The number of benzene rings is 2. The number of nitrogens with one attached hydrogen (secondary N) is 1. The average Bonchev–Trinajstić information content (AvgIpc) is 2.96. The number of amides is 1. The number of fused-ring (bicyclic) bond motifs is 2. The molecule has 0 atom stereocenters. The number of nitrogens with zero attached hydrogens (tertiary/aromatic N) is 1. The van der Waals surface area contributed by atoms with Crippen molar-refractivity contribution in [2.45, 2.75) is 40.0 Å². The summed E-state index contributed by atoms with van der Waals surface area (Å²) in [7, 11) is 0. The van der Waals surface area contributed by atoms with Crippen molar-refractivity contribution < 1.29 is 4.79 Å². The average molecular weight is 415 g/mol. The normalized spacial score (nSPS) is 16.5. The van der Waals surface area contributed by atoms with E-state index in [1.165, 1.54) is 27.8 Å². The Kier molecular flexibility index (Phi) is 6.43. The van der Waals surface area contributed by atoms with Crippen LogP contribution in [0.25, 0.3) is 17.7 Å². The van der Waals surface area contributed by atoms with E-state index in [4.69, 9.17) is 0 Å². The Balaban J connectivity index is 1.48. The molecule has 1 N–H and O–H groups in total. The maximum absolute atomic E-state index is 12.3. The Morgan fingerprint density at radius 1 is 0.935 bits per heavy atom. The molecule has 0 unspecified atom stereocenters. The highest BCUT2D eigenvalue weighted by Crippen LogP contribution is 2.38. The Bertz CT molecular complexity index is 954. The van der Waals surface area contributed by atoms with Gasteiger partial charge in [-0.2, -0.15) is 0 Å². The zero-order valence-electron chi connectivity index (χ0n) is 19.1. The van der Waals surface area contributed by atoms with Gasteiger partial charge in [0, 0.05) is 31.6 Å². The lowest BCUT2D eigenvalue weighted by atomic mass is 9.86. The standard InChI is InChI=1S/C28H34N2O/c1-4-28(2,3)27(31)29-17-20-30-18-15-23(16-19-30)26-24-11-7-5-9-21(24)13-14-22-10-6-8-12-25(22)26/h5-14H,4,15-20H2,1-3H3,(H,29,31). The first kappa shape index (κ1) is 21.6. The first-order valence-electron chi connectivity index (χ1n) is 11.6. The van der Waals surface area contributed by atoms with Crippen LogP contribution in [0.2, 0.25) is 0 Å². The summed E-state index contributed by atoms with van der Waals surface area (Å²) in [6, 6.07) is 17.5. The Morgan fingerprint density at radius 2 is 1.48 bits per heavy atom. The number of hydrogen-bond donors (Lipinski definition) is 1. The molecule has 3 nitrogen and oxygen atoms in total. The van der Waals surface area contributed by atoms with Crippen LogP contribution in [0.1, 0.15) is 62.3 Å². The van der Waals surface area contributed by atoms with Crippen LogP contribution >= 0.6 is 0 Å². The second-order valence-electron chi connectivity index (χ2n) is 9.32. The maximum atomic E-state index is 12.3. The largest absolute Gasteiger partial charge is 0.354 e. The summed E-state index contributed by atoms with van der Waals surface area (Å²) in [6.45, 7) is 9.83. The Hall–Kier alpha value is -2.65. The van der Waals surface area contributed by atoms with E-state index in [9.17, 15) is 4.79 Å². The van der Waals surface area contributed by atoms with Gasteiger partial charge in [-0.3, -0.25) is 4.79 Å². The molecule has 0 aromatic heterocycles. The molecular formula is C28H34N2O. The van der Waals surface area contributed by atoms with Crippen LogP contribution in [0, 0.1) is 5.41 Å². The van der Waals surface area contributed by atoms with Crippen molar-refractivity contribution in [1.82, 2.24) is 10.2 Å². The van der Waals surface area contributed by atoms with Crippen LogP contribution in [0.4, 0.5) is 0 Å². The molecular weight excluding hydrogens is 380 g/mol. The van der Waals surface area contributed by atoms with Gasteiger partial charge in [-0.05, 0) is 47.1 Å². The van der Waals surface area contributed by atoms with E-state index in [2.05, 4.69) is 77.8 Å². The highest BCUT2D eigenvalue weighted by molar-refractivity contribution is 5.94. The summed E-state index contributed by atoms with van der Waals surface area (Å²) < 4.78 is 0. The van der Waals surface area contributed by atoms with E-state index in [1.807, 2.05) is 13.8 Å². The van der Waals surface area contributed by atoms with Crippen molar-refractivity contribution in [1.29, 1.82) is 0 Å². The highest BCUT2D eigenvalue weighted by atomic mass is 16.2. The quantitative estimate of drug-likeness (QED) is 0.588. The third-order valence-corrected chi connectivity index (χ3v) is 6.93. The molecule has 1 fully saturated rings. The van der Waals surface area contributed by atoms with Crippen LogP contribution in [-0.2, 0) is 4.79 Å². The molecule has 1 amide bonds. The summed E-state index contributed by atoms with van der Waals surface area (Å²) in [5, 5.41) is 3.13. The predicted molar refractivity (Wildman–Crippen MR) is 131 cm³/mol. The first-order valence-corrected chi connectivity index (χ1v) is 11.6. The van der Waals surface area contributed by atoms with Gasteiger partial charge in [0.05, 0.1) is 0 Å². The molecule has 1 aliphatic carbocycles. The lowest BCUT2D eigenvalue weighted by Gasteiger charge is -2.31. The summed E-state index contributed by atoms with van der Waals surface area (Å²) in [4.78, 5) is 14.8. The Labute approximate surface area is 186 Å². The zero-order chi connectivity index (χ0) is 21.8. The second-order valence-corrected chi connectivity index (χ2v) is 9.32. The van der Waals surface area contributed by atoms with Gasteiger partial charge in [-0.15, -0.1) is 0 Å². The van der Waals surface area contributed by atoms with E-state index in [-0.39, 0.29) is 11.3 Å². The number of piperidine rings is 1. The van der Waals surface area contributed by atoms with Crippen molar-refractivity contribution in [3.8, 4) is 0 Å². The minimum Gasteiger partial charge on any atom is -0.354 e. The molecule has 31 heavy (non-hydrogen) atoms. The summed E-state index contributed by atoms with van der Waals surface area (Å²) in [6.07, 6.45) is 7.50. The molecule has 0 radical (unpaired) electrons. The molecule has 1 heterocycles. The molecule has 1 aliphatic heterocycles. The fourth-order valence-electron chi connectivity index (χ4n) is 4.47. The lowest BCUT2D eigenvalue weighted by molar-refractivity contribution is -0.129. The van der Waals surface area contributed by atoms with Gasteiger partial charge >= 0.3 is 0 Å². The zero-order valence-corrected chi connectivity index (χ0v) is 19.1. The minimum atomic E-state index is -0.284. The molecule has 2 aliphatic rings. The van der Waals surface area contributed by atoms with E-state index >= 15 is 0 Å². The third kappa shape index (κ3) is 4.67. The molecule has 4 rings (SSSR count). The van der Waals surface area contributed by atoms with Gasteiger partial charge in [0.25, 0.3) is 0 Å². The molecule has 0 spiro atoms. The number of carbonyl (C=O) groups excluding carboxylic acids is 1. The first-order chi connectivity index (χ1) is 15.0. The molecule has 2 aromatic carbocycles. The molecule has 3 heteroatoms. The van der Waals surface area contributed by atoms with Gasteiger partial charge < -0.3 is 10.2 Å². The summed E-state index contributed by atoms with van der Waals surface area (Å²) in [5.74, 6) is 0.161. The topological polar surface area (TPSA) is 32.3 Å². The molecule has 1 saturated heterocycles. The SMILES string of the molecule is CCC(C)(C)C(=O)NCCN1CCC(=C2c3ccccc3C=Cc3ccccc32)CC1. The van der Waals surface area contributed by atoms with Crippen molar-refractivity contribution in [2.24, 2.45) is 5.41 Å². The van der Waals surface area contributed by atoms with E-state index in [0.29, 0.717) is 0 Å². The summed E-state index contributed by atoms with van der Waals surface area (Å²) in [5.41, 5.74) is 7.98. The fourth-order valence-corrected chi connectivity index (χ4v) is 4.47. The van der Waals surface area contributed by atoms with Gasteiger partial charge in [-0.25, -0.2) is 0 Å².